The minimum absolute atomic E-state index is 0.156. The summed E-state index contributed by atoms with van der Waals surface area (Å²) in [5.74, 6) is 2.69. The van der Waals surface area contributed by atoms with E-state index in [4.69, 9.17) is 10.5 Å². The summed E-state index contributed by atoms with van der Waals surface area (Å²) < 4.78 is 5.25. The van der Waals surface area contributed by atoms with Crippen molar-refractivity contribution < 1.29 is 9.53 Å². The Bertz CT molecular complexity index is 766. The van der Waals surface area contributed by atoms with Crippen molar-refractivity contribution in [1.29, 1.82) is 0 Å². The van der Waals surface area contributed by atoms with Gasteiger partial charge in [-0.2, -0.15) is 5.10 Å². The minimum atomic E-state index is -0.379. The summed E-state index contributed by atoms with van der Waals surface area (Å²) in [6, 6.07) is 11.9. The molecule has 2 amide bonds. The maximum Gasteiger partial charge on any atom is 0.314 e. The van der Waals surface area contributed by atoms with Crippen molar-refractivity contribution in [1.82, 2.24) is 15.1 Å². The molecule has 2 N–H and O–H groups in total. The Labute approximate surface area is 166 Å². The van der Waals surface area contributed by atoms with Gasteiger partial charge in [-0.1, -0.05) is 18.2 Å². The number of nitrogens with two attached hydrogens (primary N) is 1. The third-order valence-corrected chi connectivity index (χ3v) is 5.33. The van der Waals surface area contributed by atoms with E-state index in [1.54, 1.807) is 25.3 Å². The molecule has 0 bridgehead atoms. The fourth-order valence-electron chi connectivity index (χ4n) is 3.52. The van der Waals surface area contributed by atoms with Gasteiger partial charge in [-0.05, 0) is 55.4 Å². The molecule has 1 aliphatic heterocycles. The third-order valence-electron chi connectivity index (χ3n) is 5.33. The molecular formula is C21H29N5O2. The summed E-state index contributed by atoms with van der Waals surface area (Å²) >= 11 is 0. The lowest BCUT2D eigenvalue weighted by molar-refractivity contribution is 0.192. The lowest BCUT2D eigenvalue weighted by atomic mass is 10.0. The lowest BCUT2D eigenvalue weighted by Crippen LogP contribution is -2.50. The number of likely N-dealkylation sites (N-methyl/N-ethyl adjacent to an activating group) is 1. The predicted molar refractivity (Wildman–Crippen MR) is 110 cm³/mol. The lowest BCUT2D eigenvalue weighted by Gasteiger charge is -2.37. The summed E-state index contributed by atoms with van der Waals surface area (Å²) in [6.07, 6.45) is 6.33. The van der Waals surface area contributed by atoms with Gasteiger partial charge in [-0.25, -0.2) is 4.79 Å². The van der Waals surface area contributed by atoms with E-state index in [-0.39, 0.29) is 12.1 Å². The molecule has 1 aliphatic carbocycles. The molecule has 4 rings (SSSR count). The Balaban J connectivity index is 0.000000176. The molecule has 1 saturated carbocycles. The number of hydrogen-bond acceptors (Lipinski definition) is 5. The van der Waals surface area contributed by atoms with Crippen molar-refractivity contribution in [3.8, 4) is 5.75 Å². The Morgan fingerprint density at radius 2 is 2.00 bits per heavy atom. The first-order chi connectivity index (χ1) is 13.6. The number of aromatic nitrogens is 2. The van der Waals surface area contributed by atoms with Crippen LogP contribution in [0.5, 0.6) is 5.75 Å². The summed E-state index contributed by atoms with van der Waals surface area (Å²) in [5, 5.41) is 7.95. The second-order valence-corrected chi connectivity index (χ2v) is 7.29. The molecule has 150 valence electrons. The van der Waals surface area contributed by atoms with Gasteiger partial charge >= 0.3 is 6.03 Å². The fraction of sp³-hybridized carbons (Fsp3) is 0.476. The molecule has 2 heterocycles. The number of carbonyl (C=O) groups is 1. The molecular weight excluding hydrogens is 354 g/mol. The first kappa shape index (κ1) is 19.9. The first-order valence-electron chi connectivity index (χ1n) is 9.78. The van der Waals surface area contributed by atoms with E-state index in [9.17, 15) is 4.79 Å². The highest BCUT2D eigenvalue weighted by molar-refractivity contribution is 5.72. The zero-order valence-electron chi connectivity index (χ0n) is 16.6. The number of anilines is 1. The number of carbonyl (C=O) groups excluding carboxylic acids is 1. The average Bonchev–Trinajstić information content (AvgIpc) is 3.59. The maximum atomic E-state index is 11.1. The van der Waals surface area contributed by atoms with E-state index in [2.05, 4.69) is 27.2 Å². The Morgan fingerprint density at radius 3 is 2.64 bits per heavy atom. The number of ether oxygens (including phenoxy) is 1. The monoisotopic (exact) mass is 383 g/mol. The van der Waals surface area contributed by atoms with Crippen molar-refractivity contribution in [3.63, 3.8) is 0 Å². The van der Waals surface area contributed by atoms with Gasteiger partial charge in [0.2, 0.25) is 0 Å². The van der Waals surface area contributed by atoms with Crippen LogP contribution in [-0.4, -0.2) is 54.4 Å². The van der Waals surface area contributed by atoms with Crippen molar-refractivity contribution in [2.75, 3.05) is 32.1 Å². The van der Waals surface area contributed by atoms with Crippen molar-refractivity contribution >= 4 is 11.8 Å². The highest BCUT2D eigenvalue weighted by Crippen LogP contribution is 2.43. The number of hydrogen-bond donors (Lipinski definition) is 1. The molecule has 1 unspecified atom stereocenters. The Hall–Kier alpha value is -2.83. The van der Waals surface area contributed by atoms with Gasteiger partial charge in [0.25, 0.3) is 0 Å². The van der Waals surface area contributed by atoms with E-state index >= 15 is 0 Å². The normalized spacial score (nSPS) is 18.6. The van der Waals surface area contributed by atoms with Gasteiger partial charge in [-0.15, -0.1) is 5.10 Å². The van der Waals surface area contributed by atoms with Crippen LogP contribution in [0.25, 0.3) is 0 Å². The van der Waals surface area contributed by atoms with Crippen LogP contribution in [-0.2, 0) is 0 Å². The highest BCUT2D eigenvalue weighted by Gasteiger charge is 2.26. The zero-order valence-corrected chi connectivity index (χ0v) is 16.6. The van der Waals surface area contributed by atoms with E-state index in [1.165, 1.54) is 18.4 Å². The number of rotatable bonds is 4. The number of nitrogens with zero attached hydrogens (tertiary/aromatic N) is 4. The van der Waals surface area contributed by atoms with Gasteiger partial charge in [0.15, 0.2) is 5.82 Å². The quantitative estimate of drug-likeness (QED) is 0.877. The molecule has 0 spiro atoms. The van der Waals surface area contributed by atoms with Crippen LogP contribution < -0.4 is 15.4 Å². The summed E-state index contributed by atoms with van der Waals surface area (Å²) in [4.78, 5) is 14.9. The van der Waals surface area contributed by atoms with Crippen LogP contribution >= 0.6 is 0 Å². The Kier molecular flexibility index (Phi) is 6.68. The summed E-state index contributed by atoms with van der Waals surface area (Å²) in [5.41, 5.74) is 6.68. The molecule has 1 saturated heterocycles. The van der Waals surface area contributed by atoms with Gasteiger partial charge in [0.05, 0.1) is 13.2 Å². The molecule has 2 aromatic rings. The van der Waals surface area contributed by atoms with Crippen LogP contribution in [0.2, 0.25) is 0 Å². The largest absolute Gasteiger partial charge is 0.496 e. The van der Waals surface area contributed by atoms with Gasteiger partial charge < -0.3 is 20.3 Å². The summed E-state index contributed by atoms with van der Waals surface area (Å²) in [6.45, 7) is 1.71. The molecule has 7 nitrogen and oxygen atoms in total. The van der Waals surface area contributed by atoms with Crippen LogP contribution in [0.4, 0.5) is 10.6 Å². The highest BCUT2D eigenvalue weighted by atomic mass is 16.5. The molecule has 2 aliphatic rings. The van der Waals surface area contributed by atoms with E-state index in [0.717, 1.165) is 43.4 Å². The second-order valence-electron chi connectivity index (χ2n) is 7.29. The van der Waals surface area contributed by atoms with Gasteiger partial charge in [-0.3, -0.25) is 0 Å². The number of primary amides is 1. The van der Waals surface area contributed by atoms with E-state index < -0.39 is 0 Å². The number of urea groups is 1. The molecule has 1 aromatic carbocycles. The minimum Gasteiger partial charge on any atom is -0.496 e. The smallest absolute Gasteiger partial charge is 0.314 e. The number of amides is 2. The molecule has 1 atom stereocenters. The number of piperidine rings is 1. The van der Waals surface area contributed by atoms with Gasteiger partial charge in [0.1, 0.15) is 5.75 Å². The first-order valence-corrected chi connectivity index (χ1v) is 9.78. The van der Waals surface area contributed by atoms with Crippen LogP contribution in [0.1, 0.15) is 37.2 Å². The van der Waals surface area contributed by atoms with E-state index in [0.29, 0.717) is 0 Å². The SMILES string of the molecule is CN(C(N)=O)C1CCCN(c2cccnn2)C1.COc1ccccc1C1CC1. The number of benzene rings is 1. The van der Waals surface area contributed by atoms with Crippen LogP contribution in [0.3, 0.4) is 0 Å². The Morgan fingerprint density at radius 1 is 1.21 bits per heavy atom. The second kappa shape index (κ2) is 9.39. The molecule has 0 radical (unpaired) electrons. The van der Waals surface area contributed by atoms with Crippen LogP contribution in [0, 0.1) is 0 Å². The van der Waals surface area contributed by atoms with Crippen molar-refractivity contribution in [2.24, 2.45) is 5.73 Å². The summed E-state index contributed by atoms with van der Waals surface area (Å²) in [7, 11) is 3.48. The van der Waals surface area contributed by atoms with E-state index in [1.807, 2.05) is 24.3 Å². The topological polar surface area (TPSA) is 84.6 Å². The maximum absolute atomic E-state index is 11.1. The third kappa shape index (κ3) is 5.12. The standard InChI is InChI=1S/C11H17N5O.C10H12O/c1-15(11(12)17)9-4-3-7-16(8-9)10-5-2-6-13-14-10;1-11-10-5-3-2-4-9(10)8-6-7-8/h2,5-6,9H,3-4,7-8H2,1H3,(H2,12,17);2-5,8H,6-7H2,1H3. The van der Waals surface area contributed by atoms with Crippen LogP contribution in [0.15, 0.2) is 42.6 Å². The van der Waals surface area contributed by atoms with Crippen molar-refractivity contribution in [3.05, 3.63) is 48.2 Å². The van der Waals surface area contributed by atoms with Gasteiger partial charge in [0, 0.05) is 26.3 Å². The molecule has 2 fully saturated rings. The predicted octanol–water partition coefficient (Wildman–Crippen LogP) is 3.03. The zero-order chi connectivity index (χ0) is 19.9. The molecule has 1 aromatic heterocycles. The molecule has 28 heavy (non-hydrogen) atoms. The average molecular weight is 383 g/mol. The fourth-order valence-corrected chi connectivity index (χ4v) is 3.52. The number of para-hydroxylation sites is 1. The number of methoxy groups -OCH3 is 1. The van der Waals surface area contributed by atoms with Crippen molar-refractivity contribution in [2.45, 2.75) is 37.6 Å². The molecule has 7 heteroatoms.